The van der Waals surface area contributed by atoms with E-state index in [2.05, 4.69) is 4.98 Å². The Bertz CT molecular complexity index is 588. The van der Waals surface area contributed by atoms with Crippen molar-refractivity contribution < 1.29 is 10.2 Å². The largest absolute Gasteiger partial charge is 0.397 e. The van der Waals surface area contributed by atoms with Crippen LogP contribution in [0.1, 0.15) is 5.01 Å². The lowest BCUT2D eigenvalue weighted by Crippen LogP contribution is -2.22. The number of anilines is 2. The standard InChI is InChI=1S/C12H15N3O2S/c1-6-14-8-3-9(7(13)2-12(8)18-6)15-4-10(16)11(17)5-15/h2-3,10-11,16-17H,4-5,13H2,1H3. The molecule has 1 aromatic carbocycles. The predicted octanol–water partition coefficient (Wildman–Crippen LogP) is 0.729. The van der Waals surface area contributed by atoms with Gasteiger partial charge in [0.05, 0.1) is 38.8 Å². The second-order valence-electron chi connectivity index (χ2n) is 4.65. The van der Waals surface area contributed by atoms with Gasteiger partial charge in [-0.25, -0.2) is 4.98 Å². The normalized spacial score (nSPS) is 24.1. The van der Waals surface area contributed by atoms with Gasteiger partial charge in [-0.1, -0.05) is 0 Å². The third-order valence-corrected chi connectivity index (χ3v) is 4.18. The molecular weight excluding hydrogens is 250 g/mol. The topological polar surface area (TPSA) is 82.6 Å². The average Bonchev–Trinajstić information content (AvgIpc) is 2.80. The Balaban J connectivity index is 2.03. The van der Waals surface area contributed by atoms with Crippen molar-refractivity contribution in [1.82, 2.24) is 4.98 Å². The molecule has 6 heteroatoms. The summed E-state index contributed by atoms with van der Waals surface area (Å²) < 4.78 is 1.06. The molecule has 0 radical (unpaired) electrons. The summed E-state index contributed by atoms with van der Waals surface area (Å²) in [6, 6.07) is 3.84. The number of aliphatic hydroxyl groups is 2. The minimum atomic E-state index is -0.711. The SMILES string of the molecule is Cc1nc2cc(N3CC(O)C(O)C3)c(N)cc2s1. The molecule has 1 fully saturated rings. The van der Waals surface area contributed by atoms with Crippen molar-refractivity contribution in [3.05, 3.63) is 17.1 Å². The molecule has 5 nitrogen and oxygen atoms in total. The maximum atomic E-state index is 9.59. The van der Waals surface area contributed by atoms with Crippen LogP contribution in [0.4, 0.5) is 11.4 Å². The first-order valence-corrected chi connectivity index (χ1v) is 6.64. The smallest absolute Gasteiger partial charge is 0.0990 e. The van der Waals surface area contributed by atoms with Gasteiger partial charge in [-0.15, -0.1) is 11.3 Å². The fraction of sp³-hybridized carbons (Fsp3) is 0.417. The van der Waals surface area contributed by atoms with Crippen LogP contribution in [0, 0.1) is 6.92 Å². The summed E-state index contributed by atoms with van der Waals surface area (Å²) in [5.74, 6) is 0. The van der Waals surface area contributed by atoms with Crippen LogP contribution in [0.2, 0.25) is 0 Å². The van der Waals surface area contributed by atoms with Gasteiger partial charge in [0.25, 0.3) is 0 Å². The van der Waals surface area contributed by atoms with E-state index >= 15 is 0 Å². The van der Waals surface area contributed by atoms with Gasteiger partial charge in [0.2, 0.25) is 0 Å². The highest BCUT2D eigenvalue weighted by Crippen LogP contribution is 2.33. The molecule has 18 heavy (non-hydrogen) atoms. The molecule has 0 saturated carbocycles. The second-order valence-corrected chi connectivity index (χ2v) is 5.89. The molecular formula is C12H15N3O2S. The minimum Gasteiger partial charge on any atom is -0.397 e. The van der Waals surface area contributed by atoms with Crippen LogP contribution in [0.3, 0.4) is 0 Å². The highest BCUT2D eigenvalue weighted by atomic mass is 32.1. The van der Waals surface area contributed by atoms with E-state index < -0.39 is 12.2 Å². The number of aryl methyl sites for hydroxylation is 1. The monoisotopic (exact) mass is 265 g/mol. The van der Waals surface area contributed by atoms with Crippen molar-refractivity contribution in [3.63, 3.8) is 0 Å². The first-order valence-electron chi connectivity index (χ1n) is 5.82. The number of hydrogen-bond acceptors (Lipinski definition) is 6. The van der Waals surface area contributed by atoms with Gasteiger partial charge in [0.1, 0.15) is 0 Å². The molecule has 1 aliphatic heterocycles. The number of benzene rings is 1. The number of aliphatic hydroxyl groups excluding tert-OH is 2. The van der Waals surface area contributed by atoms with E-state index in [0.717, 1.165) is 20.9 Å². The minimum absolute atomic E-state index is 0.403. The summed E-state index contributed by atoms with van der Waals surface area (Å²) in [5, 5.41) is 20.2. The van der Waals surface area contributed by atoms with Gasteiger partial charge in [-0.2, -0.15) is 0 Å². The molecule has 96 valence electrons. The van der Waals surface area contributed by atoms with E-state index in [-0.39, 0.29) is 0 Å². The first-order chi connectivity index (χ1) is 8.54. The molecule has 2 unspecified atom stereocenters. The van der Waals surface area contributed by atoms with Crippen molar-refractivity contribution >= 4 is 32.9 Å². The van der Waals surface area contributed by atoms with Gasteiger partial charge in [-0.3, -0.25) is 0 Å². The van der Waals surface area contributed by atoms with E-state index in [1.165, 1.54) is 0 Å². The average molecular weight is 265 g/mol. The Hall–Kier alpha value is -1.37. The van der Waals surface area contributed by atoms with Crippen molar-refractivity contribution in [2.45, 2.75) is 19.1 Å². The number of aromatic nitrogens is 1. The van der Waals surface area contributed by atoms with Crippen LogP contribution in [0.25, 0.3) is 10.2 Å². The number of rotatable bonds is 1. The van der Waals surface area contributed by atoms with Gasteiger partial charge in [-0.05, 0) is 19.1 Å². The number of β-amino-alcohol motifs (C(OH)–C–C–N with tert-alkyl or cyclic N) is 2. The Morgan fingerprint density at radius 1 is 1.33 bits per heavy atom. The zero-order chi connectivity index (χ0) is 12.9. The number of hydrogen-bond donors (Lipinski definition) is 3. The number of nitrogens with two attached hydrogens (primary N) is 1. The molecule has 0 aliphatic carbocycles. The molecule has 3 rings (SSSR count). The summed E-state index contributed by atoms with van der Waals surface area (Å²) >= 11 is 1.61. The molecule has 2 aromatic rings. The lowest BCUT2D eigenvalue weighted by atomic mass is 10.2. The van der Waals surface area contributed by atoms with Crippen molar-refractivity contribution in [2.75, 3.05) is 23.7 Å². The van der Waals surface area contributed by atoms with Crippen LogP contribution >= 0.6 is 11.3 Å². The fourth-order valence-electron chi connectivity index (χ4n) is 2.33. The summed E-state index contributed by atoms with van der Waals surface area (Å²) in [4.78, 5) is 6.34. The zero-order valence-corrected chi connectivity index (χ0v) is 10.8. The Labute approximate surface area is 108 Å². The molecule has 0 spiro atoms. The van der Waals surface area contributed by atoms with Crippen LogP contribution in [-0.2, 0) is 0 Å². The number of fused-ring (bicyclic) bond motifs is 1. The number of nitrogen functional groups attached to an aromatic ring is 1. The summed E-state index contributed by atoms with van der Waals surface area (Å²) in [6.07, 6.45) is -1.42. The second kappa shape index (κ2) is 4.08. The summed E-state index contributed by atoms with van der Waals surface area (Å²) in [6.45, 7) is 2.77. The van der Waals surface area contributed by atoms with Gasteiger partial charge < -0.3 is 20.8 Å². The molecule has 4 N–H and O–H groups in total. The molecule has 0 bridgehead atoms. The highest BCUT2D eigenvalue weighted by Gasteiger charge is 2.30. The third kappa shape index (κ3) is 1.82. The van der Waals surface area contributed by atoms with Gasteiger partial charge >= 0.3 is 0 Å². The third-order valence-electron chi connectivity index (χ3n) is 3.24. The predicted molar refractivity (Wildman–Crippen MR) is 73.0 cm³/mol. The molecule has 1 saturated heterocycles. The molecule has 1 aliphatic rings. The molecule has 0 amide bonds. The lowest BCUT2D eigenvalue weighted by molar-refractivity contribution is 0.0572. The van der Waals surface area contributed by atoms with Crippen LogP contribution in [-0.4, -0.2) is 40.5 Å². The van der Waals surface area contributed by atoms with Crippen LogP contribution in [0.15, 0.2) is 12.1 Å². The zero-order valence-electron chi connectivity index (χ0n) is 10.00. The quantitative estimate of drug-likeness (QED) is 0.662. The van der Waals surface area contributed by atoms with Gasteiger partial charge in [0.15, 0.2) is 0 Å². The summed E-state index contributed by atoms with van der Waals surface area (Å²) in [7, 11) is 0. The van der Waals surface area contributed by atoms with Crippen LogP contribution in [0.5, 0.6) is 0 Å². The maximum Gasteiger partial charge on any atom is 0.0990 e. The van der Waals surface area contributed by atoms with E-state index in [4.69, 9.17) is 5.73 Å². The molecule has 2 heterocycles. The highest BCUT2D eigenvalue weighted by molar-refractivity contribution is 7.18. The van der Waals surface area contributed by atoms with Crippen molar-refractivity contribution in [1.29, 1.82) is 0 Å². The van der Waals surface area contributed by atoms with Crippen LogP contribution < -0.4 is 10.6 Å². The van der Waals surface area contributed by atoms with E-state index in [9.17, 15) is 10.2 Å². The summed E-state index contributed by atoms with van der Waals surface area (Å²) in [5.41, 5.74) is 8.45. The Kier molecular flexibility index (Phi) is 2.65. The first kappa shape index (κ1) is 11.7. The number of thiazole rings is 1. The lowest BCUT2D eigenvalue weighted by Gasteiger charge is -2.19. The van der Waals surface area contributed by atoms with E-state index in [1.807, 2.05) is 24.0 Å². The van der Waals surface area contributed by atoms with Crippen molar-refractivity contribution in [2.24, 2.45) is 0 Å². The number of nitrogens with zero attached hydrogens (tertiary/aromatic N) is 2. The van der Waals surface area contributed by atoms with Gasteiger partial charge in [0, 0.05) is 13.1 Å². The molecule has 1 aromatic heterocycles. The van der Waals surface area contributed by atoms with E-state index in [1.54, 1.807) is 11.3 Å². The molecule has 2 atom stereocenters. The Morgan fingerprint density at radius 3 is 2.67 bits per heavy atom. The van der Waals surface area contributed by atoms with Crippen molar-refractivity contribution in [3.8, 4) is 0 Å². The maximum absolute atomic E-state index is 9.59. The fourth-order valence-corrected chi connectivity index (χ4v) is 3.19. The Morgan fingerprint density at radius 2 is 2.00 bits per heavy atom. The van der Waals surface area contributed by atoms with E-state index in [0.29, 0.717) is 18.8 Å².